The summed E-state index contributed by atoms with van der Waals surface area (Å²) < 4.78 is 1.42. The number of nitrogens with one attached hydrogen (secondary N) is 2. The fraction of sp³-hybridized carbons (Fsp3) is 0.692. The van der Waals surface area contributed by atoms with Crippen molar-refractivity contribution in [3.63, 3.8) is 0 Å². The SMILES string of the molecule is CC(C)Cn1ncc(NCC2CCCN2)c(Cl)c1=O. The first-order valence-corrected chi connectivity index (χ1v) is 7.18. The Kier molecular flexibility index (Phi) is 4.82. The van der Waals surface area contributed by atoms with Gasteiger partial charge in [0.25, 0.3) is 5.56 Å². The first-order valence-electron chi connectivity index (χ1n) is 6.81. The predicted octanol–water partition coefficient (Wildman–Crippen LogP) is 1.72. The number of rotatable bonds is 5. The molecule has 1 aliphatic rings. The second-order valence-electron chi connectivity index (χ2n) is 5.43. The van der Waals surface area contributed by atoms with Gasteiger partial charge in [0.05, 0.1) is 11.9 Å². The zero-order chi connectivity index (χ0) is 13.8. The second-order valence-corrected chi connectivity index (χ2v) is 5.81. The largest absolute Gasteiger partial charge is 0.381 e. The minimum atomic E-state index is -0.222. The number of aromatic nitrogens is 2. The van der Waals surface area contributed by atoms with E-state index < -0.39 is 0 Å². The summed E-state index contributed by atoms with van der Waals surface area (Å²) in [6.07, 6.45) is 4.00. The number of nitrogens with zero attached hydrogens (tertiary/aromatic N) is 2. The van der Waals surface area contributed by atoms with Gasteiger partial charge in [0.15, 0.2) is 0 Å². The van der Waals surface area contributed by atoms with Gasteiger partial charge in [0.2, 0.25) is 0 Å². The van der Waals surface area contributed by atoms with E-state index in [1.165, 1.54) is 11.1 Å². The van der Waals surface area contributed by atoms with E-state index in [0.29, 0.717) is 24.2 Å². The van der Waals surface area contributed by atoms with Crippen molar-refractivity contribution in [2.24, 2.45) is 5.92 Å². The van der Waals surface area contributed by atoms with Crippen molar-refractivity contribution in [3.8, 4) is 0 Å². The molecule has 5 nitrogen and oxygen atoms in total. The van der Waals surface area contributed by atoms with Crippen molar-refractivity contribution in [2.45, 2.75) is 39.3 Å². The van der Waals surface area contributed by atoms with Crippen LogP contribution in [0.4, 0.5) is 5.69 Å². The Hall–Kier alpha value is -1.07. The number of halogens is 1. The normalized spacial score (nSPS) is 19.1. The maximum Gasteiger partial charge on any atom is 0.287 e. The summed E-state index contributed by atoms with van der Waals surface area (Å²) in [4.78, 5) is 12.0. The van der Waals surface area contributed by atoms with Crippen molar-refractivity contribution in [3.05, 3.63) is 21.6 Å². The topological polar surface area (TPSA) is 59.0 Å². The smallest absolute Gasteiger partial charge is 0.287 e. The Labute approximate surface area is 118 Å². The average Bonchev–Trinajstić information content (AvgIpc) is 2.87. The van der Waals surface area contributed by atoms with Crippen LogP contribution in [0.1, 0.15) is 26.7 Å². The molecule has 0 saturated carbocycles. The number of anilines is 1. The molecule has 6 heteroatoms. The van der Waals surface area contributed by atoms with Crippen molar-refractivity contribution in [1.29, 1.82) is 0 Å². The summed E-state index contributed by atoms with van der Waals surface area (Å²) in [6.45, 7) is 6.51. The highest BCUT2D eigenvalue weighted by Crippen LogP contribution is 2.16. The van der Waals surface area contributed by atoms with Crippen molar-refractivity contribution < 1.29 is 0 Å². The van der Waals surface area contributed by atoms with Gasteiger partial charge in [0.1, 0.15) is 5.02 Å². The lowest BCUT2D eigenvalue weighted by Gasteiger charge is -2.14. The first-order chi connectivity index (χ1) is 9.08. The molecule has 106 valence electrons. The third kappa shape index (κ3) is 3.70. The van der Waals surface area contributed by atoms with Gasteiger partial charge in [0, 0.05) is 19.1 Å². The van der Waals surface area contributed by atoms with Gasteiger partial charge < -0.3 is 10.6 Å². The van der Waals surface area contributed by atoms with Crippen LogP contribution in [0.15, 0.2) is 11.0 Å². The molecule has 0 bridgehead atoms. The predicted molar refractivity (Wildman–Crippen MR) is 77.9 cm³/mol. The van der Waals surface area contributed by atoms with E-state index in [4.69, 9.17) is 11.6 Å². The van der Waals surface area contributed by atoms with Gasteiger partial charge in [-0.1, -0.05) is 25.4 Å². The van der Waals surface area contributed by atoms with Crippen molar-refractivity contribution in [1.82, 2.24) is 15.1 Å². The summed E-state index contributed by atoms with van der Waals surface area (Å²) >= 11 is 6.11. The molecule has 1 aliphatic heterocycles. The first kappa shape index (κ1) is 14.3. The zero-order valence-electron chi connectivity index (χ0n) is 11.4. The van der Waals surface area contributed by atoms with Crippen LogP contribution < -0.4 is 16.2 Å². The van der Waals surface area contributed by atoms with Crippen LogP contribution in [-0.2, 0) is 6.54 Å². The molecule has 2 heterocycles. The monoisotopic (exact) mass is 284 g/mol. The van der Waals surface area contributed by atoms with Crippen LogP contribution in [0.2, 0.25) is 5.02 Å². The standard InChI is InChI=1S/C13H21ClN4O/c1-9(2)8-18-13(19)12(14)11(7-17-18)16-6-10-4-3-5-15-10/h7,9-10,15-16H,3-6,8H2,1-2H3. The van der Waals surface area contributed by atoms with Crippen LogP contribution in [0, 0.1) is 5.92 Å². The molecule has 2 N–H and O–H groups in total. The molecule has 0 spiro atoms. The Balaban J connectivity index is 2.05. The summed E-state index contributed by atoms with van der Waals surface area (Å²) in [5, 5.41) is 11.0. The molecule has 1 saturated heterocycles. The number of hydrogen-bond donors (Lipinski definition) is 2. The van der Waals surface area contributed by atoms with Gasteiger partial charge in [-0.25, -0.2) is 4.68 Å². The lowest BCUT2D eigenvalue weighted by atomic mass is 10.2. The zero-order valence-corrected chi connectivity index (χ0v) is 12.2. The van der Waals surface area contributed by atoms with Gasteiger partial charge >= 0.3 is 0 Å². The maximum atomic E-state index is 12.0. The summed E-state index contributed by atoms with van der Waals surface area (Å²) in [5.74, 6) is 0.364. The van der Waals surface area contributed by atoms with Crippen LogP contribution in [0.3, 0.4) is 0 Å². The lowest BCUT2D eigenvalue weighted by molar-refractivity contribution is 0.464. The molecular weight excluding hydrogens is 264 g/mol. The number of hydrogen-bond acceptors (Lipinski definition) is 4. The third-order valence-electron chi connectivity index (χ3n) is 3.22. The fourth-order valence-electron chi connectivity index (χ4n) is 2.23. The van der Waals surface area contributed by atoms with Gasteiger partial charge in [-0.05, 0) is 25.3 Å². The van der Waals surface area contributed by atoms with Crippen LogP contribution in [0.5, 0.6) is 0 Å². The molecule has 1 aromatic rings. The fourth-order valence-corrected chi connectivity index (χ4v) is 2.44. The third-order valence-corrected chi connectivity index (χ3v) is 3.59. The van der Waals surface area contributed by atoms with E-state index in [2.05, 4.69) is 15.7 Å². The highest BCUT2D eigenvalue weighted by atomic mass is 35.5. The second kappa shape index (κ2) is 6.39. The van der Waals surface area contributed by atoms with Crippen LogP contribution in [0.25, 0.3) is 0 Å². The molecule has 0 amide bonds. The van der Waals surface area contributed by atoms with Gasteiger partial charge in [-0.3, -0.25) is 4.79 Å². The highest BCUT2D eigenvalue weighted by Gasteiger charge is 2.15. The maximum absolute atomic E-state index is 12.0. The summed E-state index contributed by atoms with van der Waals surface area (Å²) in [6, 6.07) is 0.453. The van der Waals surface area contributed by atoms with E-state index in [1.807, 2.05) is 13.8 Å². The quantitative estimate of drug-likeness (QED) is 0.864. The minimum Gasteiger partial charge on any atom is -0.381 e. The van der Waals surface area contributed by atoms with Crippen molar-refractivity contribution in [2.75, 3.05) is 18.4 Å². The Morgan fingerprint density at radius 1 is 1.63 bits per heavy atom. The summed E-state index contributed by atoms with van der Waals surface area (Å²) in [7, 11) is 0. The van der Waals surface area contributed by atoms with E-state index >= 15 is 0 Å². The molecule has 0 radical (unpaired) electrons. The van der Waals surface area contributed by atoms with E-state index in [-0.39, 0.29) is 10.6 Å². The minimum absolute atomic E-state index is 0.222. The molecule has 1 unspecified atom stereocenters. The molecule has 0 aliphatic carbocycles. The van der Waals surface area contributed by atoms with E-state index in [9.17, 15) is 4.79 Å². The highest BCUT2D eigenvalue weighted by molar-refractivity contribution is 6.32. The van der Waals surface area contributed by atoms with E-state index in [1.54, 1.807) is 6.20 Å². The molecule has 19 heavy (non-hydrogen) atoms. The summed E-state index contributed by atoms with van der Waals surface area (Å²) in [5.41, 5.74) is 0.403. The Morgan fingerprint density at radius 3 is 3.05 bits per heavy atom. The van der Waals surface area contributed by atoms with Crippen molar-refractivity contribution >= 4 is 17.3 Å². The lowest BCUT2D eigenvalue weighted by Crippen LogP contribution is -2.31. The Morgan fingerprint density at radius 2 is 2.42 bits per heavy atom. The molecule has 2 rings (SSSR count). The molecule has 1 aromatic heterocycles. The van der Waals surface area contributed by atoms with Crippen LogP contribution in [-0.4, -0.2) is 28.9 Å². The Bertz CT molecular complexity index is 480. The van der Waals surface area contributed by atoms with Gasteiger partial charge in [-0.15, -0.1) is 0 Å². The molecular formula is C13H21ClN4O. The molecule has 1 atom stereocenters. The van der Waals surface area contributed by atoms with Gasteiger partial charge in [-0.2, -0.15) is 5.10 Å². The van der Waals surface area contributed by atoms with E-state index in [0.717, 1.165) is 19.5 Å². The molecule has 1 fully saturated rings. The van der Waals surface area contributed by atoms with Crippen LogP contribution >= 0.6 is 11.6 Å². The average molecular weight is 285 g/mol. The molecule has 0 aromatic carbocycles.